The summed E-state index contributed by atoms with van der Waals surface area (Å²) in [7, 11) is -1.27. The van der Waals surface area contributed by atoms with Crippen LogP contribution in [0.25, 0.3) is 0 Å². The van der Waals surface area contributed by atoms with E-state index in [1.165, 1.54) is 31.9 Å². The molecular formula is C19H30IN3O2S. The molecule has 1 aliphatic heterocycles. The van der Waals surface area contributed by atoms with E-state index in [1.54, 1.807) is 12.1 Å². The standard InChI is InChI=1S/C19H29N3O2S.HI/c1-20-19(22-13-16-5-3-4-6-17(16)14-22)21-12-11-15-7-9-18(10-8-15)25(2,23)24;/h7-10,16-17H,3-6,11-14H2,1-2H3,(H,20,21);1H. The Balaban J connectivity index is 0.00000243. The molecule has 2 fully saturated rings. The molecule has 0 aromatic heterocycles. The molecule has 5 nitrogen and oxygen atoms in total. The minimum Gasteiger partial charge on any atom is -0.356 e. The predicted molar refractivity (Wildman–Crippen MR) is 117 cm³/mol. The van der Waals surface area contributed by atoms with E-state index < -0.39 is 9.84 Å². The van der Waals surface area contributed by atoms with Crippen molar-refractivity contribution >= 4 is 39.8 Å². The monoisotopic (exact) mass is 491 g/mol. The molecule has 1 aromatic rings. The van der Waals surface area contributed by atoms with Gasteiger partial charge in [-0.05, 0) is 48.8 Å². The fourth-order valence-electron chi connectivity index (χ4n) is 4.13. The molecule has 2 unspecified atom stereocenters. The van der Waals surface area contributed by atoms with E-state index >= 15 is 0 Å². The summed E-state index contributed by atoms with van der Waals surface area (Å²) in [5.41, 5.74) is 1.13. The van der Waals surface area contributed by atoms with Crippen LogP contribution < -0.4 is 5.32 Å². The van der Waals surface area contributed by atoms with Crippen LogP contribution in [-0.4, -0.2) is 52.2 Å². The highest BCUT2D eigenvalue weighted by Crippen LogP contribution is 2.35. The average molecular weight is 491 g/mol. The Morgan fingerprint density at radius 1 is 1.15 bits per heavy atom. The van der Waals surface area contributed by atoms with Gasteiger partial charge in [0.25, 0.3) is 0 Å². The van der Waals surface area contributed by atoms with Gasteiger partial charge in [-0.1, -0.05) is 25.0 Å². The van der Waals surface area contributed by atoms with Crippen molar-refractivity contribution in [1.82, 2.24) is 10.2 Å². The van der Waals surface area contributed by atoms with Gasteiger partial charge in [-0.15, -0.1) is 24.0 Å². The maximum atomic E-state index is 11.5. The lowest BCUT2D eigenvalue weighted by molar-refractivity contribution is 0.299. The van der Waals surface area contributed by atoms with Crippen LogP contribution in [0.2, 0.25) is 0 Å². The molecular weight excluding hydrogens is 461 g/mol. The molecule has 146 valence electrons. The van der Waals surface area contributed by atoms with Crippen LogP contribution in [0.3, 0.4) is 0 Å². The van der Waals surface area contributed by atoms with Gasteiger partial charge < -0.3 is 10.2 Å². The van der Waals surface area contributed by atoms with E-state index in [9.17, 15) is 8.42 Å². The lowest BCUT2D eigenvalue weighted by atomic mass is 9.82. The number of nitrogens with one attached hydrogen (secondary N) is 1. The maximum absolute atomic E-state index is 11.5. The third kappa shape index (κ3) is 5.34. The second-order valence-electron chi connectivity index (χ2n) is 7.35. The van der Waals surface area contributed by atoms with Crippen LogP contribution in [0.5, 0.6) is 0 Å². The minimum atomic E-state index is -3.12. The molecule has 0 radical (unpaired) electrons. The molecule has 2 atom stereocenters. The van der Waals surface area contributed by atoms with E-state index in [2.05, 4.69) is 15.2 Å². The van der Waals surface area contributed by atoms with Gasteiger partial charge in [-0.2, -0.15) is 0 Å². The molecule has 1 saturated heterocycles. The first kappa shape index (κ1) is 21.5. The van der Waals surface area contributed by atoms with E-state index in [1.807, 2.05) is 19.2 Å². The summed E-state index contributed by atoms with van der Waals surface area (Å²) in [6, 6.07) is 7.16. The van der Waals surface area contributed by atoms with Gasteiger partial charge in [0.2, 0.25) is 0 Å². The maximum Gasteiger partial charge on any atom is 0.193 e. The second kappa shape index (κ2) is 9.39. The number of likely N-dealkylation sites (tertiary alicyclic amines) is 1. The zero-order valence-corrected chi connectivity index (χ0v) is 18.8. The van der Waals surface area contributed by atoms with Crippen LogP contribution in [0.4, 0.5) is 0 Å². The summed E-state index contributed by atoms with van der Waals surface area (Å²) in [5, 5.41) is 3.47. The predicted octanol–water partition coefficient (Wildman–Crippen LogP) is 2.95. The van der Waals surface area contributed by atoms with Crippen molar-refractivity contribution < 1.29 is 8.42 Å². The first-order chi connectivity index (χ1) is 12.0. The number of guanidine groups is 1. The van der Waals surface area contributed by atoms with Crippen molar-refractivity contribution in [3.05, 3.63) is 29.8 Å². The highest BCUT2D eigenvalue weighted by Gasteiger charge is 2.35. The largest absolute Gasteiger partial charge is 0.356 e. The van der Waals surface area contributed by atoms with Crippen molar-refractivity contribution in [2.75, 3.05) is 32.9 Å². The quantitative estimate of drug-likeness (QED) is 0.400. The smallest absolute Gasteiger partial charge is 0.193 e. The summed E-state index contributed by atoms with van der Waals surface area (Å²) in [5.74, 6) is 2.69. The van der Waals surface area contributed by atoms with E-state index in [-0.39, 0.29) is 24.0 Å². The number of benzene rings is 1. The molecule has 26 heavy (non-hydrogen) atoms. The number of fused-ring (bicyclic) bond motifs is 1. The first-order valence-corrected chi connectivity index (χ1v) is 11.1. The third-order valence-electron chi connectivity index (χ3n) is 5.54. The number of aliphatic imine (C=N–C) groups is 1. The van der Waals surface area contributed by atoms with Crippen LogP contribution in [-0.2, 0) is 16.3 Å². The number of sulfone groups is 1. The van der Waals surface area contributed by atoms with Gasteiger partial charge in [0, 0.05) is 32.9 Å². The fourth-order valence-corrected chi connectivity index (χ4v) is 4.76. The zero-order chi connectivity index (χ0) is 17.9. The first-order valence-electron chi connectivity index (χ1n) is 9.22. The Morgan fingerprint density at radius 3 is 2.23 bits per heavy atom. The normalized spacial score (nSPS) is 23.3. The van der Waals surface area contributed by atoms with Gasteiger partial charge in [0.1, 0.15) is 0 Å². The van der Waals surface area contributed by atoms with Crippen molar-refractivity contribution in [2.24, 2.45) is 16.8 Å². The molecule has 3 rings (SSSR count). The van der Waals surface area contributed by atoms with Crippen LogP contribution in [0, 0.1) is 11.8 Å². The lowest BCUT2D eigenvalue weighted by Gasteiger charge is -2.22. The summed E-state index contributed by atoms with van der Waals surface area (Å²) < 4.78 is 23.0. The molecule has 0 spiro atoms. The minimum absolute atomic E-state index is 0. The molecule has 1 saturated carbocycles. The summed E-state index contributed by atoms with van der Waals surface area (Å²) in [6.07, 6.45) is 7.58. The van der Waals surface area contributed by atoms with Gasteiger partial charge in [0.15, 0.2) is 15.8 Å². The Labute approximate surface area is 174 Å². The third-order valence-corrected chi connectivity index (χ3v) is 6.66. The van der Waals surface area contributed by atoms with Crippen molar-refractivity contribution in [1.29, 1.82) is 0 Å². The second-order valence-corrected chi connectivity index (χ2v) is 9.37. The fraction of sp³-hybridized carbons (Fsp3) is 0.632. The Kier molecular flexibility index (Phi) is 7.76. The van der Waals surface area contributed by atoms with Crippen LogP contribution in [0.15, 0.2) is 34.2 Å². The molecule has 1 N–H and O–H groups in total. The van der Waals surface area contributed by atoms with E-state index in [0.717, 1.165) is 49.4 Å². The van der Waals surface area contributed by atoms with Crippen LogP contribution >= 0.6 is 24.0 Å². The molecule has 1 heterocycles. The van der Waals surface area contributed by atoms with E-state index in [4.69, 9.17) is 0 Å². The van der Waals surface area contributed by atoms with Gasteiger partial charge in [-0.25, -0.2) is 8.42 Å². The summed E-state index contributed by atoms with van der Waals surface area (Å²) in [6.45, 7) is 3.07. The topological polar surface area (TPSA) is 61.8 Å². The molecule has 0 amide bonds. The Hall–Kier alpha value is -0.830. The lowest BCUT2D eigenvalue weighted by Crippen LogP contribution is -2.41. The molecule has 2 aliphatic rings. The Bertz CT molecular complexity index is 705. The van der Waals surface area contributed by atoms with Crippen LogP contribution in [0.1, 0.15) is 31.2 Å². The molecule has 7 heteroatoms. The summed E-state index contributed by atoms with van der Waals surface area (Å²) >= 11 is 0. The highest BCUT2D eigenvalue weighted by atomic mass is 127. The van der Waals surface area contributed by atoms with Crippen molar-refractivity contribution in [2.45, 2.75) is 37.0 Å². The van der Waals surface area contributed by atoms with Gasteiger partial charge in [-0.3, -0.25) is 4.99 Å². The van der Waals surface area contributed by atoms with Crippen molar-refractivity contribution in [3.63, 3.8) is 0 Å². The summed E-state index contributed by atoms with van der Waals surface area (Å²) in [4.78, 5) is 7.24. The molecule has 1 aliphatic carbocycles. The highest BCUT2D eigenvalue weighted by molar-refractivity contribution is 14.0. The average Bonchev–Trinajstić information content (AvgIpc) is 3.02. The number of hydrogen-bond donors (Lipinski definition) is 1. The zero-order valence-electron chi connectivity index (χ0n) is 15.6. The van der Waals surface area contributed by atoms with Crippen molar-refractivity contribution in [3.8, 4) is 0 Å². The molecule has 1 aromatic carbocycles. The Morgan fingerprint density at radius 2 is 1.73 bits per heavy atom. The van der Waals surface area contributed by atoms with E-state index in [0.29, 0.717) is 4.90 Å². The van der Waals surface area contributed by atoms with Gasteiger partial charge >= 0.3 is 0 Å². The number of hydrogen-bond acceptors (Lipinski definition) is 3. The molecule has 0 bridgehead atoms. The van der Waals surface area contributed by atoms with Gasteiger partial charge in [0.05, 0.1) is 4.90 Å². The SMILES string of the molecule is CN=C(NCCc1ccc(S(C)(=O)=O)cc1)N1CC2CCCCC2C1.I. The number of rotatable bonds is 4. The number of halogens is 1. The number of nitrogens with zero attached hydrogens (tertiary/aromatic N) is 2.